The molecule has 14 nitrogen and oxygen atoms in total. The number of alkyl carbamates (subject to hydrolysis) is 1. The Morgan fingerprint density at radius 2 is 1.13 bits per heavy atom. The van der Waals surface area contributed by atoms with E-state index in [4.69, 9.17) is 19.9 Å². The lowest BCUT2D eigenvalue weighted by Gasteiger charge is -2.22. The molecule has 1 aliphatic carbocycles. The lowest BCUT2D eigenvalue weighted by molar-refractivity contribution is -0.147. The molecule has 55 heavy (non-hydrogen) atoms. The first-order chi connectivity index (χ1) is 26.3. The maximum Gasteiger partial charge on any atom is 0.407 e. The highest BCUT2D eigenvalue weighted by molar-refractivity contribution is 5.90. The Bertz CT molecular complexity index is 1630. The SMILES string of the molecule is C=CCOC(=O)C(CCC(C)=O)NC(=O)C(CC)NC(=O)OCC1c2ccccc2-c2ccccc21.C=CCOC(=O)C(CCC(C)=O)NC(=O)C(N)CC. The predicted molar refractivity (Wildman–Crippen MR) is 207 cm³/mol. The summed E-state index contributed by atoms with van der Waals surface area (Å²) in [5, 5.41) is 7.68. The van der Waals surface area contributed by atoms with Crippen LogP contribution < -0.4 is 21.7 Å². The van der Waals surface area contributed by atoms with Crippen LogP contribution in [-0.4, -0.2) is 85.4 Å². The number of hydrogen-bond donors (Lipinski definition) is 4. The van der Waals surface area contributed by atoms with Gasteiger partial charge in [0.1, 0.15) is 49.5 Å². The molecule has 3 rings (SSSR count). The van der Waals surface area contributed by atoms with Gasteiger partial charge in [-0.1, -0.05) is 87.7 Å². The lowest BCUT2D eigenvalue weighted by Crippen LogP contribution is -2.52. The molecular formula is C41H54N4O10. The van der Waals surface area contributed by atoms with E-state index < -0.39 is 54.0 Å². The highest BCUT2D eigenvalue weighted by Crippen LogP contribution is 2.44. The molecule has 0 heterocycles. The van der Waals surface area contributed by atoms with E-state index in [1.54, 1.807) is 13.8 Å². The van der Waals surface area contributed by atoms with Gasteiger partial charge < -0.3 is 45.5 Å². The van der Waals surface area contributed by atoms with Gasteiger partial charge in [-0.15, -0.1) is 0 Å². The highest BCUT2D eigenvalue weighted by Gasteiger charge is 2.31. The largest absolute Gasteiger partial charge is 0.460 e. The third kappa shape index (κ3) is 15.0. The van der Waals surface area contributed by atoms with Crippen molar-refractivity contribution in [2.45, 2.75) is 96.3 Å². The normalized spacial score (nSPS) is 13.4. The Morgan fingerprint density at radius 3 is 1.55 bits per heavy atom. The molecule has 4 unspecified atom stereocenters. The van der Waals surface area contributed by atoms with Crippen molar-refractivity contribution >= 4 is 41.4 Å². The molecule has 0 saturated heterocycles. The van der Waals surface area contributed by atoms with Gasteiger partial charge in [0.2, 0.25) is 11.8 Å². The van der Waals surface area contributed by atoms with Crippen molar-refractivity contribution in [3.8, 4) is 11.1 Å². The molecule has 0 aliphatic heterocycles. The molecule has 0 fully saturated rings. The maximum absolute atomic E-state index is 12.8. The Kier molecular flexibility index (Phi) is 19.8. The van der Waals surface area contributed by atoms with Gasteiger partial charge in [0, 0.05) is 18.8 Å². The Morgan fingerprint density at radius 1 is 0.673 bits per heavy atom. The number of nitrogens with one attached hydrogen (secondary N) is 3. The smallest absolute Gasteiger partial charge is 0.407 e. The summed E-state index contributed by atoms with van der Waals surface area (Å²) in [5.74, 6) is -2.52. The van der Waals surface area contributed by atoms with Crippen LogP contribution >= 0.6 is 0 Å². The van der Waals surface area contributed by atoms with E-state index in [-0.39, 0.29) is 69.4 Å². The van der Waals surface area contributed by atoms with Gasteiger partial charge in [-0.2, -0.15) is 0 Å². The van der Waals surface area contributed by atoms with E-state index in [2.05, 4.69) is 29.1 Å². The number of carbonyl (C=O) groups excluding carboxylic acids is 7. The molecule has 5 N–H and O–H groups in total. The zero-order valence-electron chi connectivity index (χ0n) is 32.1. The molecule has 3 amide bonds. The molecular weight excluding hydrogens is 708 g/mol. The second-order valence-electron chi connectivity index (χ2n) is 12.9. The van der Waals surface area contributed by atoms with Crippen molar-refractivity contribution in [2.24, 2.45) is 5.73 Å². The zero-order chi connectivity index (χ0) is 40.9. The standard InChI is InChI=1S/C28H32N2O6.C13H22N2O4/c1-4-16-35-27(33)25(15-14-18(3)31)29-26(32)24(5-2)30-28(34)36-17-23-21-12-8-6-10-19(21)20-11-7-9-13-22(20)23;1-4-8-19-13(18)11(7-6-9(3)16)15-12(17)10(14)5-2/h4,6-13,23-25H,1,5,14-17H2,2-3H3,(H,29,32)(H,30,34);4,10-11H,1,5-8,14H2,2-3H3,(H,15,17). The monoisotopic (exact) mass is 762 g/mol. The molecule has 0 radical (unpaired) electrons. The minimum atomic E-state index is -1.01. The van der Waals surface area contributed by atoms with Gasteiger partial charge >= 0.3 is 18.0 Å². The van der Waals surface area contributed by atoms with Crippen molar-refractivity contribution in [1.82, 2.24) is 16.0 Å². The number of hydrogen-bond acceptors (Lipinski definition) is 11. The fourth-order valence-corrected chi connectivity index (χ4v) is 5.55. The zero-order valence-corrected chi connectivity index (χ0v) is 32.1. The quantitative estimate of drug-likeness (QED) is 0.0805. The number of esters is 2. The number of nitrogens with two attached hydrogens (primary N) is 1. The van der Waals surface area contributed by atoms with E-state index >= 15 is 0 Å². The first-order valence-electron chi connectivity index (χ1n) is 18.3. The van der Waals surface area contributed by atoms with E-state index in [1.165, 1.54) is 26.0 Å². The van der Waals surface area contributed by atoms with Crippen LogP contribution in [0.4, 0.5) is 4.79 Å². The van der Waals surface area contributed by atoms with Crippen molar-refractivity contribution in [1.29, 1.82) is 0 Å². The van der Waals surface area contributed by atoms with Gasteiger partial charge in [0.05, 0.1) is 6.04 Å². The van der Waals surface area contributed by atoms with Gasteiger partial charge in [-0.05, 0) is 61.8 Å². The summed E-state index contributed by atoms with van der Waals surface area (Å²) in [6.07, 6.45) is 3.44. The molecule has 4 atom stereocenters. The average molecular weight is 763 g/mol. The third-order valence-corrected chi connectivity index (χ3v) is 8.60. The van der Waals surface area contributed by atoms with Gasteiger partial charge in [0.15, 0.2) is 0 Å². The summed E-state index contributed by atoms with van der Waals surface area (Å²) in [6.45, 7) is 13.4. The number of fused-ring (bicyclic) bond motifs is 3. The molecule has 0 aromatic heterocycles. The number of rotatable bonds is 21. The minimum absolute atomic E-state index is 0.0134. The van der Waals surface area contributed by atoms with Gasteiger partial charge in [-0.25, -0.2) is 14.4 Å². The van der Waals surface area contributed by atoms with Crippen LogP contribution in [0.2, 0.25) is 0 Å². The van der Waals surface area contributed by atoms with Crippen molar-refractivity contribution < 1.29 is 47.8 Å². The average Bonchev–Trinajstić information content (AvgIpc) is 3.50. The number of benzene rings is 2. The van der Waals surface area contributed by atoms with Crippen LogP contribution in [0.25, 0.3) is 11.1 Å². The van der Waals surface area contributed by atoms with E-state index in [0.29, 0.717) is 6.42 Å². The fourth-order valence-electron chi connectivity index (χ4n) is 5.55. The maximum atomic E-state index is 12.8. The van der Waals surface area contributed by atoms with E-state index in [1.807, 2.05) is 48.5 Å². The Balaban J connectivity index is 0.000000467. The highest BCUT2D eigenvalue weighted by atomic mass is 16.6. The lowest BCUT2D eigenvalue weighted by atomic mass is 9.98. The first kappa shape index (κ1) is 45.5. The summed E-state index contributed by atoms with van der Waals surface area (Å²) in [4.78, 5) is 83.5. The summed E-state index contributed by atoms with van der Waals surface area (Å²) in [5.41, 5.74) is 9.98. The van der Waals surface area contributed by atoms with Crippen LogP contribution in [0, 0.1) is 0 Å². The summed E-state index contributed by atoms with van der Waals surface area (Å²) in [6, 6.07) is 12.6. The molecule has 14 heteroatoms. The fraction of sp³-hybridized carbons (Fsp3) is 0.439. The van der Waals surface area contributed by atoms with Gasteiger partial charge in [0.25, 0.3) is 0 Å². The first-order valence-corrected chi connectivity index (χ1v) is 18.3. The van der Waals surface area contributed by atoms with Crippen LogP contribution in [0.5, 0.6) is 0 Å². The number of Topliss-reactive ketones (excluding diaryl/α,β-unsaturated/α-hetero) is 2. The van der Waals surface area contributed by atoms with Crippen LogP contribution in [-0.2, 0) is 43.0 Å². The second-order valence-corrected chi connectivity index (χ2v) is 12.9. The van der Waals surface area contributed by atoms with E-state index in [0.717, 1.165) is 22.3 Å². The van der Waals surface area contributed by atoms with Gasteiger partial charge in [-0.3, -0.25) is 9.59 Å². The number of ether oxygens (including phenoxy) is 3. The Hall–Kier alpha value is -5.63. The molecule has 0 saturated carbocycles. The molecule has 1 aliphatic rings. The summed E-state index contributed by atoms with van der Waals surface area (Å²) >= 11 is 0. The minimum Gasteiger partial charge on any atom is -0.460 e. The number of amides is 3. The van der Waals surface area contributed by atoms with Crippen LogP contribution in [0.1, 0.15) is 83.3 Å². The van der Waals surface area contributed by atoms with Crippen molar-refractivity contribution in [2.75, 3.05) is 19.8 Å². The van der Waals surface area contributed by atoms with Crippen molar-refractivity contribution in [3.05, 3.63) is 85.0 Å². The predicted octanol–water partition coefficient (Wildman–Crippen LogP) is 4.19. The van der Waals surface area contributed by atoms with Crippen LogP contribution in [0.15, 0.2) is 73.8 Å². The molecule has 2 aromatic rings. The number of ketones is 2. The summed E-state index contributed by atoms with van der Waals surface area (Å²) < 4.78 is 15.4. The molecule has 0 bridgehead atoms. The second kappa shape index (κ2) is 23.9. The van der Waals surface area contributed by atoms with Crippen LogP contribution in [0.3, 0.4) is 0 Å². The topological polar surface area (TPSA) is 209 Å². The summed E-state index contributed by atoms with van der Waals surface area (Å²) in [7, 11) is 0. The molecule has 2 aromatic carbocycles. The molecule has 298 valence electrons. The third-order valence-electron chi connectivity index (χ3n) is 8.60. The molecule has 0 spiro atoms. The number of carbonyl (C=O) groups is 7. The van der Waals surface area contributed by atoms with Crippen molar-refractivity contribution in [3.63, 3.8) is 0 Å². The Labute approximate surface area is 322 Å². The van der Waals surface area contributed by atoms with E-state index in [9.17, 15) is 33.6 Å².